The second kappa shape index (κ2) is 13.8. The molecule has 1 heterocycles. The van der Waals surface area contributed by atoms with Gasteiger partial charge in [0.05, 0.1) is 5.41 Å². The van der Waals surface area contributed by atoms with Crippen LogP contribution in [0.2, 0.25) is 0 Å². The van der Waals surface area contributed by atoms with Crippen LogP contribution < -0.4 is 4.90 Å². The summed E-state index contributed by atoms with van der Waals surface area (Å²) >= 11 is 0. The second-order valence-corrected chi connectivity index (χ2v) is 19.0. The van der Waals surface area contributed by atoms with Gasteiger partial charge in [0.15, 0.2) is 0 Å². The number of hydrogen-bond acceptors (Lipinski definition) is 2. The summed E-state index contributed by atoms with van der Waals surface area (Å²) in [6.07, 6.45) is 8.85. The van der Waals surface area contributed by atoms with Gasteiger partial charge in [-0.2, -0.15) is 0 Å². The molecule has 0 saturated heterocycles. The number of anilines is 3. The standard InChI is InChI=1S/C64H45NO/c1-63(2)54-23-11-6-18-46(54)50-37-36-45(38-58(50)63)65(43-32-28-41(29-33-43)40-16-4-3-5-17-40)44-34-30-42(31-35-44)60-61-52(39-53-51-22-10-15-27-59(51)66-62(53)60)49-21-9-14-26-57(49)64(61)55-24-12-7-19-47(55)48-20-8-13-25-56(48)64/h3-4,6-16,18-39H,5,17H2,1-2H3. The van der Waals surface area contributed by atoms with Gasteiger partial charge < -0.3 is 9.32 Å². The number of para-hydroxylation sites is 1. The monoisotopic (exact) mass is 843 g/mol. The molecule has 2 heteroatoms. The maximum Gasteiger partial charge on any atom is 0.143 e. The van der Waals surface area contributed by atoms with Crippen molar-refractivity contribution in [1.82, 2.24) is 0 Å². The Hall–Kier alpha value is -7.94. The highest BCUT2D eigenvalue weighted by molar-refractivity contribution is 6.15. The summed E-state index contributed by atoms with van der Waals surface area (Å²) in [5.41, 5.74) is 25.3. The van der Waals surface area contributed by atoms with Crippen molar-refractivity contribution in [2.24, 2.45) is 0 Å². The molecule has 4 aliphatic rings. The summed E-state index contributed by atoms with van der Waals surface area (Å²) in [7, 11) is 0. The number of fused-ring (bicyclic) bond motifs is 16. The lowest BCUT2D eigenvalue weighted by Gasteiger charge is -2.32. The molecular formula is C64H45NO. The van der Waals surface area contributed by atoms with Gasteiger partial charge in [-0.1, -0.05) is 178 Å². The Balaban J connectivity index is 0.999. The molecule has 4 aliphatic carbocycles. The summed E-state index contributed by atoms with van der Waals surface area (Å²) in [4.78, 5) is 2.44. The molecular weight excluding hydrogens is 799 g/mol. The van der Waals surface area contributed by atoms with E-state index in [1.165, 1.54) is 77.9 Å². The minimum atomic E-state index is -0.535. The van der Waals surface area contributed by atoms with Gasteiger partial charge >= 0.3 is 0 Å². The van der Waals surface area contributed by atoms with Gasteiger partial charge in [0.1, 0.15) is 11.2 Å². The van der Waals surface area contributed by atoms with Crippen molar-refractivity contribution in [1.29, 1.82) is 0 Å². The molecule has 0 radical (unpaired) electrons. The third-order valence-corrected chi connectivity index (χ3v) is 15.4. The van der Waals surface area contributed by atoms with E-state index in [0.717, 1.165) is 63.0 Å². The van der Waals surface area contributed by atoms with Crippen molar-refractivity contribution in [2.45, 2.75) is 37.5 Å². The Morgan fingerprint density at radius 1 is 0.455 bits per heavy atom. The maximum absolute atomic E-state index is 7.09. The van der Waals surface area contributed by atoms with E-state index in [1.807, 2.05) is 0 Å². The number of hydrogen-bond donors (Lipinski definition) is 0. The summed E-state index contributed by atoms with van der Waals surface area (Å²) in [5.74, 6) is 0. The SMILES string of the molecule is CC1(C)c2ccccc2-c2ccc(N(c3ccc(C4=CC=CCC4)cc3)c3ccc(-c4c5c(cc6c4oc4ccccc46)-c4ccccc4C54c5ccccc5-c5ccccc54)cc3)cc21. The maximum atomic E-state index is 7.09. The average Bonchev–Trinajstić information content (AvgIpc) is 4.06. The van der Waals surface area contributed by atoms with Crippen LogP contribution in [0.4, 0.5) is 17.1 Å². The highest BCUT2D eigenvalue weighted by Crippen LogP contribution is 2.66. The topological polar surface area (TPSA) is 16.4 Å². The Morgan fingerprint density at radius 2 is 0.985 bits per heavy atom. The molecule has 1 spiro atoms. The van der Waals surface area contributed by atoms with Crippen molar-refractivity contribution < 1.29 is 4.42 Å². The lowest BCUT2D eigenvalue weighted by molar-refractivity contribution is 0.660. The first-order valence-electron chi connectivity index (χ1n) is 23.4. The van der Waals surface area contributed by atoms with Crippen LogP contribution in [0.3, 0.4) is 0 Å². The first-order chi connectivity index (χ1) is 32.5. The zero-order valence-electron chi connectivity index (χ0n) is 37.0. The molecule has 10 aromatic rings. The lowest BCUT2D eigenvalue weighted by Crippen LogP contribution is -2.26. The van der Waals surface area contributed by atoms with Crippen molar-refractivity contribution in [3.05, 3.63) is 251 Å². The summed E-state index contributed by atoms with van der Waals surface area (Å²) in [5, 5.41) is 2.28. The molecule has 0 amide bonds. The molecule has 312 valence electrons. The molecule has 0 bridgehead atoms. The van der Waals surface area contributed by atoms with Crippen molar-refractivity contribution >= 4 is 44.6 Å². The van der Waals surface area contributed by atoms with Gasteiger partial charge in [-0.3, -0.25) is 0 Å². The zero-order chi connectivity index (χ0) is 43.7. The van der Waals surface area contributed by atoms with Gasteiger partial charge in [0.2, 0.25) is 0 Å². The van der Waals surface area contributed by atoms with Crippen molar-refractivity contribution in [2.75, 3.05) is 4.90 Å². The van der Waals surface area contributed by atoms with Gasteiger partial charge in [0, 0.05) is 38.8 Å². The highest BCUT2D eigenvalue weighted by Gasteiger charge is 2.53. The fourth-order valence-corrected chi connectivity index (χ4v) is 12.4. The lowest BCUT2D eigenvalue weighted by atomic mass is 9.68. The Bertz CT molecular complexity index is 3680. The van der Waals surface area contributed by atoms with Crippen molar-refractivity contribution in [3.8, 4) is 44.5 Å². The van der Waals surface area contributed by atoms with E-state index in [2.05, 4.69) is 231 Å². The smallest absolute Gasteiger partial charge is 0.143 e. The number of benzene rings is 9. The summed E-state index contributed by atoms with van der Waals surface area (Å²) < 4.78 is 7.09. The Labute approximate surface area is 385 Å². The molecule has 0 atom stereocenters. The molecule has 2 nitrogen and oxygen atoms in total. The van der Waals surface area contributed by atoms with Crippen LogP contribution in [-0.2, 0) is 10.8 Å². The van der Waals surface area contributed by atoms with Gasteiger partial charge in [-0.05, 0) is 145 Å². The predicted octanol–water partition coefficient (Wildman–Crippen LogP) is 17.1. The normalized spacial score (nSPS) is 15.3. The number of rotatable bonds is 5. The predicted molar refractivity (Wildman–Crippen MR) is 274 cm³/mol. The van der Waals surface area contributed by atoms with Crippen LogP contribution in [0.5, 0.6) is 0 Å². The fourth-order valence-electron chi connectivity index (χ4n) is 12.4. The largest absolute Gasteiger partial charge is 0.455 e. The van der Waals surface area contributed by atoms with E-state index >= 15 is 0 Å². The van der Waals surface area contributed by atoms with Crippen LogP contribution in [0.15, 0.2) is 217 Å². The van der Waals surface area contributed by atoms with Gasteiger partial charge in [-0.15, -0.1) is 0 Å². The average molecular weight is 844 g/mol. The zero-order valence-corrected chi connectivity index (χ0v) is 37.0. The highest BCUT2D eigenvalue weighted by atomic mass is 16.3. The van der Waals surface area contributed by atoms with Gasteiger partial charge in [0.25, 0.3) is 0 Å². The number of nitrogens with zero attached hydrogens (tertiary/aromatic N) is 1. The molecule has 0 aliphatic heterocycles. The third-order valence-electron chi connectivity index (χ3n) is 15.4. The Kier molecular flexibility index (Phi) is 7.82. The van der Waals surface area contributed by atoms with E-state index in [1.54, 1.807) is 0 Å². The van der Waals surface area contributed by atoms with E-state index in [9.17, 15) is 0 Å². The molecule has 9 aromatic carbocycles. The van der Waals surface area contributed by atoms with Crippen LogP contribution in [-0.4, -0.2) is 0 Å². The van der Waals surface area contributed by atoms with E-state index in [4.69, 9.17) is 4.42 Å². The van der Waals surface area contributed by atoms with E-state index < -0.39 is 5.41 Å². The molecule has 0 N–H and O–H groups in total. The van der Waals surface area contributed by atoms with Crippen LogP contribution >= 0.6 is 0 Å². The van der Waals surface area contributed by atoms with E-state index in [-0.39, 0.29) is 5.41 Å². The first kappa shape index (κ1) is 37.4. The van der Waals surface area contributed by atoms with Gasteiger partial charge in [-0.25, -0.2) is 0 Å². The molecule has 1 aromatic heterocycles. The Morgan fingerprint density at radius 3 is 1.62 bits per heavy atom. The first-order valence-corrected chi connectivity index (χ1v) is 23.4. The van der Waals surface area contributed by atoms with Crippen LogP contribution in [0.25, 0.3) is 72.0 Å². The second-order valence-electron chi connectivity index (χ2n) is 19.0. The summed E-state index contributed by atoms with van der Waals surface area (Å²) in [6.45, 7) is 4.73. The van der Waals surface area contributed by atoms with Crippen LogP contribution in [0.1, 0.15) is 65.6 Å². The molecule has 0 fully saturated rings. The number of furan rings is 1. The third kappa shape index (κ3) is 5.02. The molecule has 14 rings (SSSR count). The number of allylic oxidation sites excluding steroid dienone is 4. The quantitative estimate of drug-likeness (QED) is 0.172. The minimum Gasteiger partial charge on any atom is -0.455 e. The van der Waals surface area contributed by atoms with E-state index in [0.29, 0.717) is 0 Å². The van der Waals surface area contributed by atoms with Crippen molar-refractivity contribution in [3.63, 3.8) is 0 Å². The molecule has 0 saturated carbocycles. The summed E-state index contributed by atoms with van der Waals surface area (Å²) in [6, 6.07) is 72.7. The fraction of sp³-hybridized carbons (Fsp3) is 0.0938. The minimum absolute atomic E-state index is 0.126. The van der Waals surface area contributed by atoms with Crippen LogP contribution in [0, 0.1) is 0 Å². The molecule has 0 unspecified atom stereocenters. The molecule has 66 heavy (non-hydrogen) atoms.